The molecule has 0 aliphatic carbocycles. The maximum absolute atomic E-state index is 11.8. The highest BCUT2D eigenvalue weighted by atomic mass is 32.1. The van der Waals surface area contributed by atoms with Gasteiger partial charge in [0.15, 0.2) is 0 Å². The molecule has 20 heavy (non-hydrogen) atoms. The van der Waals surface area contributed by atoms with E-state index < -0.39 is 5.97 Å². The normalized spacial score (nSPS) is 10.2. The van der Waals surface area contributed by atoms with Crippen LogP contribution in [0.4, 0.5) is 0 Å². The lowest BCUT2D eigenvalue weighted by atomic mass is 10.0. The lowest BCUT2D eigenvalue weighted by molar-refractivity contribution is 0.0695. The topological polar surface area (TPSA) is 79.3 Å². The van der Waals surface area contributed by atoms with Crippen molar-refractivity contribution in [3.05, 3.63) is 51.5 Å². The second kappa shape index (κ2) is 6.29. The van der Waals surface area contributed by atoms with Crippen LogP contribution < -0.4 is 5.32 Å². The summed E-state index contributed by atoms with van der Waals surface area (Å²) in [6.07, 6.45) is 2.02. The second-order valence-electron chi connectivity index (χ2n) is 4.21. The highest BCUT2D eigenvalue weighted by Gasteiger charge is 2.11. The Hall–Kier alpha value is -2.21. The minimum atomic E-state index is -0.954. The van der Waals surface area contributed by atoms with Crippen LogP contribution in [0.2, 0.25) is 0 Å². The third-order valence-corrected chi connectivity index (χ3v) is 3.68. The molecule has 0 spiro atoms. The van der Waals surface area contributed by atoms with Gasteiger partial charge in [0, 0.05) is 6.54 Å². The fourth-order valence-electron chi connectivity index (χ4n) is 1.81. The number of carbonyl (C=O) groups excluding carboxylic acids is 1. The van der Waals surface area contributed by atoms with Gasteiger partial charge in [0.25, 0.3) is 5.91 Å². The van der Waals surface area contributed by atoms with Crippen molar-refractivity contribution < 1.29 is 14.7 Å². The highest BCUT2D eigenvalue weighted by Crippen LogP contribution is 2.12. The fourth-order valence-corrected chi connectivity index (χ4v) is 2.51. The summed E-state index contributed by atoms with van der Waals surface area (Å²) in [6, 6.07) is 6.79. The van der Waals surface area contributed by atoms with E-state index in [0.717, 1.165) is 5.01 Å². The molecule has 0 aliphatic heterocycles. The van der Waals surface area contributed by atoms with Gasteiger partial charge < -0.3 is 10.4 Å². The molecule has 0 saturated heterocycles. The van der Waals surface area contributed by atoms with Crippen LogP contribution in [0.1, 0.15) is 30.6 Å². The zero-order valence-electron chi connectivity index (χ0n) is 10.9. The molecule has 1 aromatic carbocycles. The predicted octanol–water partition coefficient (Wildman–Crippen LogP) is 2.12. The summed E-state index contributed by atoms with van der Waals surface area (Å²) in [5.74, 6) is -1.13. The van der Waals surface area contributed by atoms with Crippen molar-refractivity contribution in [2.24, 2.45) is 0 Å². The first-order valence-corrected chi connectivity index (χ1v) is 6.91. The van der Waals surface area contributed by atoms with E-state index in [1.807, 2.05) is 6.92 Å². The number of hydrogen-bond acceptors (Lipinski definition) is 4. The van der Waals surface area contributed by atoms with Gasteiger partial charge in [-0.2, -0.15) is 0 Å². The minimum Gasteiger partial charge on any atom is -0.478 e. The Morgan fingerprint density at radius 1 is 1.35 bits per heavy atom. The number of benzene rings is 1. The van der Waals surface area contributed by atoms with Gasteiger partial charge in [0.2, 0.25) is 0 Å². The zero-order valence-corrected chi connectivity index (χ0v) is 11.7. The number of carbonyl (C=O) groups is 2. The van der Waals surface area contributed by atoms with Gasteiger partial charge in [-0.05, 0) is 25.0 Å². The van der Waals surface area contributed by atoms with Crippen LogP contribution in [0.15, 0.2) is 30.5 Å². The first-order valence-electron chi connectivity index (χ1n) is 6.10. The summed E-state index contributed by atoms with van der Waals surface area (Å²) in [6.45, 7) is 2.23. The molecule has 0 unspecified atom stereocenters. The van der Waals surface area contributed by atoms with Gasteiger partial charge >= 0.3 is 5.97 Å². The zero-order chi connectivity index (χ0) is 14.5. The summed E-state index contributed by atoms with van der Waals surface area (Å²) in [4.78, 5) is 27.4. The number of nitrogens with one attached hydrogen (secondary N) is 1. The summed E-state index contributed by atoms with van der Waals surface area (Å²) >= 11 is 1.33. The van der Waals surface area contributed by atoms with Crippen molar-refractivity contribution >= 4 is 23.2 Å². The molecule has 1 aromatic heterocycles. The molecule has 6 heteroatoms. The van der Waals surface area contributed by atoms with Gasteiger partial charge in [0.1, 0.15) is 4.88 Å². The second-order valence-corrected chi connectivity index (χ2v) is 5.45. The standard InChI is InChI=1S/C14H14N2O3S/c1-9-16-8-12(20-9)13(17)15-7-6-10-4-2-3-5-11(10)14(18)19/h2-5,8H,6-7H2,1H3,(H,15,17)(H,18,19). The van der Waals surface area contributed by atoms with Crippen molar-refractivity contribution in [2.75, 3.05) is 6.54 Å². The molecule has 0 saturated carbocycles. The van der Waals surface area contributed by atoms with Crippen molar-refractivity contribution in [3.8, 4) is 0 Å². The van der Waals surface area contributed by atoms with Crippen molar-refractivity contribution in [2.45, 2.75) is 13.3 Å². The van der Waals surface area contributed by atoms with Crippen molar-refractivity contribution in [1.82, 2.24) is 10.3 Å². The number of rotatable bonds is 5. The molecule has 1 amide bonds. The van der Waals surface area contributed by atoms with Crippen LogP contribution in [0.5, 0.6) is 0 Å². The molecule has 0 atom stereocenters. The van der Waals surface area contributed by atoms with E-state index in [2.05, 4.69) is 10.3 Å². The van der Waals surface area contributed by atoms with Gasteiger partial charge in [-0.3, -0.25) is 4.79 Å². The van der Waals surface area contributed by atoms with Gasteiger partial charge in [-0.1, -0.05) is 18.2 Å². The Morgan fingerprint density at radius 3 is 2.75 bits per heavy atom. The predicted molar refractivity (Wildman–Crippen MR) is 76.3 cm³/mol. The van der Waals surface area contributed by atoms with Gasteiger partial charge in [-0.15, -0.1) is 11.3 Å². The van der Waals surface area contributed by atoms with Crippen LogP contribution >= 0.6 is 11.3 Å². The van der Waals surface area contributed by atoms with Gasteiger partial charge in [0.05, 0.1) is 16.8 Å². The molecule has 1 heterocycles. The number of aromatic carboxylic acids is 1. The molecule has 5 nitrogen and oxygen atoms in total. The summed E-state index contributed by atoms with van der Waals surface area (Å²) < 4.78 is 0. The summed E-state index contributed by atoms with van der Waals surface area (Å²) in [7, 11) is 0. The molecule has 2 N–H and O–H groups in total. The van der Waals surface area contributed by atoms with E-state index in [9.17, 15) is 9.59 Å². The highest BCUT2D eigenvalue weighted by molar-refractivity contribution is 7.13. The summed E-state index contributed by atoms with van der Waals surface area (Å²) in [5.41, 5.74) is 0.983. The smallest absolute Gasteiger partial charge is 0.335 e. The fraction of sp³-hybridized carbons (Fsp3) is 0.214. The quantitative estimate of drug-likeness (QED) is 0.884. The monoisotopic (exact) mass is 290 g/mol. The van der Waals surface area contributed by atoms with Crippen LogP contribution in [0.3, 0.4) is 0 Å². The molecule has 2 aromatic rings. The number of aromatic nitrogens is 1. The average Bonchev–Trinajstić information content (AvgIpc) is 2.86. The number of carboxylic acid groups (broad SMARTS) is 1. The van der Waals surface area contributed by atoms with Crippen molar-refractivity contribution in [3.63, 3.8) is 0 Å². The van der Waals surface area contributed by atoms with E-state index in [1.165, 1.54) is 11.3 Å². The molecular weight excluding hydrogens is 276 g/mol. The lowest BCUT2D eigenvalue weighted by Crippen LogP contribution is -2.25. The Labute approximate surface area is 120 Å². The molecule has 104 valence electrons. The summed E-state index contributed by atoms with van der Waals surface area (Å²) in [5, 5.41) is 12.7. The SMILES string of the molecule is Cc1ncc(C(=O)NCCc2ccccc2C(=O)O)s1. The Bertz CT molecular complexity index is 637. The van der Waals surface area contributed by atoms with Crippen LogP contribution in [-0.2, 0) is 6.42 Å². The first-order chi connectivity index (χ1) is 9.58. The van der Waals surface area contributed by atoms with E-state index in [1.54, 1.807) is 30.5 Å². The Morgan fingerprint density at radius 2 is 2.10 bits per heavy atom. The van der Waals surface area contributed by atoms with Crippen LogP contribution in [0, 0.1) is 6.92 Å². The minimum absolute atomic E-state index is 0.177. The van der Waals surface area contributed by atoms with E-state index >= 15 is 0 Å². The Kier molecular flexibility index (Phi) is 4.47. The average molecular weight is 290 g/mol. The van der Waals surface area contributed by atoms with E-state index in [-0.39, 0.29) is 11.5 Å². The number of thiazole rings is 1. The number of nitrogens with zero attached hydrogens (tertiary/aromatic N) is 1. The van der Waals surface area contributed by atoms with E-state index in [4.69, 9.17) is 5.11 Å². The number of amides is 1. The number of carboxylic acids is 1. The lowest BCUT2D eigenvalue weighted by Gasteiger charge is -2.06. The molecular formula is C14H14N2O3S. The Balaban J connectivity index is 1.93. The molecule has 0 aliphatic rings. The third kappa shape index (κ3) is 3.42. The molecule has 0 radical (unpaired) electrons. The molecule has 0 bridgehead atoms. The van der Waals surface area contributed by atoms with E-state index in [0.29, 0.717) is 23.4 Å². The molecule has 0 fully saturated rings. The third-order valence-electron chi connectivity index (χ3n) is 2.77. The molecule has 2 rings (SSSR count). The van der Waals surface area contributed by atoms with Crippen LogP contribution in [-0.4, -0.2) is 28.5 Å². The first kappa shape index (κ1) is 14.2. The van der Waals surface area contributed by atoms with Crippen molar-refractivity contribution in [1.29, 1.82) is 0 Å². The largest absolute Gasteiger partial charge is 0.478 e. The van der Waals surface area contributed by atoms with Gasteiger partial charge in [-0.25, -0.2) is 9.78 Å². The maximum Gasteiger partial charge on any atom is 0.335 e. The number of hydrogen-bond donors (Lipinski definition) is 2. The number of aryl methyl sites for hydroxylation is 1. The van der Waals surface area contributed by atoms with Crippen LogP contribution in [0.25, 0.3) is 0 Å². The maximum atomic E-state index is 11.8.